The van der Waals surface area contributed by atoms with E-state index in [9.17, 15) is 37.0 Å². The highest BCUT2D eigenvalue weighted by Crippen LogP contribution is 2.42. The third-order valence-electron chi connectivity index (χ3n) is 7.57. The number of ether oxygens (including phenoxy) is 1. The number of aromatic nitrogens is 1. The molecule has 0 aliphatic rings. The van der Waals surface area contributed by atoms with Crippen molar-refractivity contribution in [1.82, 2.24) is 9.88 Å². The number of sulfonamides is 1. The van der Waals surface area contributed by atoms with Gasteiger partial charge in [0.1, 0.15) is 17.3 Å². The Morgan fingerprint density at radius 1 is 0.917 bits per heavy atom. The second-order valence-electron chi connectivity index (χ2n) is 11.4. The van der Waals surface area contributed by atoms with E-state index >= 15 is 0 Å². The van der Waals surface area contributed by atoms with Crippen LogP contribution in [0.4, 0.5) is 8.78 Å². The van der Waals surface area contributed by atoms with E-state index in [1.54, 1.807) is 22.8 Å². The van der Waals surface area contributed by atoms with Gasteiger partial charge in [0.2, 0.25) is 10.0 Å². The van der Waals surface area contributed by atoms with Gasteiger partial charge in [-0.1, -0.05) is 42.5 Å². The van der Waals surface area contributed by atoms with Gasteiger partial charge < -0.3 is 24.8 Å². The van der Waals surface area contributed by atoms with Crippen LogP contribution in [0.3, 0.4) is 0 Å². The number of hydrogen-bond acceptors (Lipinski definition) is 7. The summed E-state index contributed by atoms with van der Waals surface area (Å²) >= 11 is 0. The Morgan fingerprint density at radius 2 is 1.46 bits per heavy atom. The number of nitrogens with zero attached hydrogens (tertiary/aromatic N) is 1. The van der Waals surface area contributed by atoms with Crippen LogP contribution in [-0.4, -0.2) is 54.4 Å². The Kier molecular flexibility index (Phi) is 11.7. The summed E-state index contributed by atoms with van der Waals surface area (Å²) in [6, 6.07) is 16.6. The molecule has 0 aliphatic carbocycles. The topological polar surface area (TPSA) is 161 Å². The summed E-state index contributed by atoms with van der Waals surface area (Å²) < 4.78 is 57.9. The molecule has 2 atom stereocenters. The van der Waals surface area contributed by atoms with Crippen LogP contribution in [-0.2, 0) is 26.1 Å². The molecule has 4 rings (SSSR count). The van der Waals surface area contributed by atoms with E-state index in [1.165, 1.54) is 73.8 Å². The number of esters is 1. The lowest BCUT2D eigenvalue weighted by molar-refractivity contribution is -0.143. The highest BCUT2D eigenvalue weighted by molar-refractivity contribution is 7.89. The highest BCUT2D eigenvalue weighted by atomic mass is 32.2. The van der Waals surface area contributed by atoms with Crippen molar-refractivity contribution in [3.63, 3.8) is 0 Å². The maximum atomic E-state index is 14.2. The summed E-state index contributed by atoms with van der Waals surface area (Å²) in [4.78, 5) is 25.7. The van der Waals surface area contributed by atoms with Crippen molar-refractivity contribution in [2.24, 2.45) is 5.14 Å². The molecule has 13 heteroatoms. The highest BCUT2D eigenvalue weighted by Gasteiger charge is 2.29. The summed E-state index contributed by atoms with van der Waals surface area (Å²) in [5, 5.41) is 29.1. The molecule has 3 aromatic carbocycles. The first-order chi connectivity index (χ1) is 22.7. The van der Waals surface area contributed by atoms with Crippen molar-refractivity contribution < 1.29 is 41.7 Å². The monoisotopic (exact) mass is 681 g/mol. The second-order valence-corrected chi connectivity index (χ2v) is 13.0. The van der Waals surface area contributed by atoms with Crippen molar-refractivity contribution in [3.05, 3.63) is 107 Å². The van der Waals surface area contributed by atoms with Gasteiger partial charge in [-0.25, -0.2) is 22.3 Å². The van der Waals surface area contributed by atoms with Crippen LogP contribution >= 0.6 is 0 Å². The van der Waals surface area contributed by atoms with Crippen LogP contribution in [0.15, 0.2) is 83.8 Å². The number of rotatable bonds is 13. The van der Waals surface area contributed by atoms with Crippen molar-refractivity contribution >= 4 is 28.0 Å². The number of benzene rings is 3. The van der Waals surface area contributed by atoms with Gasteiger partial charge >= 0.3 is 5.97 Å². The number of carbonyl (C=O) groups excluding carboxylic acids is 2. The molecule has 0 aliphatic heterocycles. The Morgan fingerprint density at radius 3 is 1.96 bits per heavy atom. The standard InChI is InChI=1S/C35H37F2N3O7S/c1-21(2)40-30(17-14-27(41)18-28(42)19-31(43)47-3)32(23-6-10-25(36)11-7-23)33(24-8-12-26(37)13-9-24)34(40)35(44)39-20-22-4-15-29(16-5-22)48(38,45)46/h4-17,21,27-28,41-42H,18-20H2,1-3H3,(H,39,44)(H2,38,45,46)/b17-14+/t27-,28+/m0/s1. The van der Waals surface area contributed by atoms with Gasteiger partial charge in [0, 0.05) is 35.8 Å². The minimum atomic E-state index is -3.90. The van der Waals surface area contributed by atoms with E-state index in [4.69, 9.17) is 5.14 Å². The summed E-state index contributed by atoms with van der Waals surface area (Å²) in [6.45, 7) is 3.71. The predicted molar refractivity (Wildman–Crippen MR) is 177 cm³/mol. The number of nitrogens with two attached hydrogens (primary N) is 1. The first kappa shape index (κ1) is 36.2. The van der Waals surface area contributed by atoms with Crippen LogP contribution in [0.25, 0.3) is 28.3 Å². The van der Waals surface area contributed by atoms with Gasteiger partial charge in [-0.3, -0.25) is 9.59 Å². The first-order valence-corrected chi connectivity index (χ1v) is 16.5. The van der Waals surface area contributed by atoms with Gasteiger partial charge in [-0.15, -0.1) is 0 Å². The summed E-state index contributed by atoms with van der Waals surface area (Å²) in [5.41, 5.74) is 3.17. The van der Waals surface area contributed by atoms with E-state index in [0.717, 1.165) is 0 Å². The maximum absolute atomic E-state index is 14.2. The van der Waals surface area contributed by atoms with Crippen LogP contribution in [0, 0.1) is 11.6 Å². The zero-order chi connectivity index (χ0) is 35.2. The number of nitrogens with one attached hydrogen (secondary N) is 1. The average Bonchev–Trinajstić information content (AvgIpc) is 3.38. The molecule has 0 bridgehead atoms. The third-order valence-corrected chi connectivity index (χ3v) is 8.49. The molecule has 5 N–H and O–H groups in total. The molecule has 0 unspecified atom stereocenters. The normalized spacial score (nSPS) is 13.1. The van der Waals surface area contributed by atoms with Gasteiger partial charge in [0.15, 0.2) is 0 Å². The lowest BCUT2D eigenvalue weighted by Crippen LogP contribution is -2.27. The minimum absolute atomic E-state index is 0.0176. The molecule has 1 amide bonds. The fraction of sp³-hybridized carbons (Fsp3) is 0.257. The quantitative estimate of drug-likeness (QED) is 0.145. The SMILES string of the molecule is COC(=O)C[C@H](O)C[C@@H](O)/C=C/c1c(-c2ccc(F)cc2)c(-c2ccc(F)cc2)c(C(=O)NCc2ccc(S(N)(=O)=O)cc2)n1C(C)C. The molecule has 48 heavy (non-hydrogen) atoms. The fourth-order valence-corrected chi connectivity index (χ4v) is 5.83. The molecular weight excluding hydrogens is 644 g/mol. The molecule has 0 saturated heterocycles. The van der Waals surface area contributed by atoms with Crippen LogP contribution < -0.4 is 10.5 Å². The number of primary sulfonamides is 1. The van der Waals surface area contributed by atoms with Crippen molar-refractivity contribution in [2.75, 3.05) is 7.11 Å². The number of halogens is 2. The van der Waals surface area contributed by atoms with Crippen molar-refractivity contribution in [1.29, 1.82) is 0 Å². The predicted octanol–water partition coefficient (Wildman–Crippen LogP) is 4.95. The number of aliphatic hydroxyl groups excluding tert-OH is 2. The molecule has 0 saturated carbocycles. The van der Waals surface area contributed by atoms with Gasteiger partial charge in [-0.05, 0) is 73.0 Å². The molecule has 10 nitrogen and oxygen atoms in total. The first-order valence-electron chi connectivity index (χ1n) is 15.0. The number of methoxy groups -OCH3 is 1. The second kappa shape index (κ2) is 15.5. The van der Waals surface area contributed by atoms with Crippen LogP contribution in [0.2, 0.25) is 0 Å². The number of hydrogen-bond donors (Lipinski definition) is 4. The molecule has 1 aromatic heterocycles. The fourth-order valence-electron chi connectivity index (χ4n) is 5.32. The molecule has 0 fully saturated rings. The molecule has 0 radical (unpaired) electrons. The zero-order valence-electron chi connectivity index (χ0n) is 26.6. The minimum Gasteiger partial charge on any atom is -0.469 e. The van der Waals surface area contributed by atoms with Gasteiger partial charge in [0.25, 0.3) is 5.91 Å². The smallest absolute Gasteiger partial charge is 0.308 e. The van der Waals surface area contributed by atoms with Crippen molar-refractivity contribution in [3.8, 4) is 22.3 Å². The maximum Gasteiger partial charge on any atom is 0.308 e. The molecule has 1 heterocycles. The van der Waals surface area contributed by atoms with Gasteiger partial charge in [0.05, 0.1) is 30.6 Å². The Labute approximate surface area is 277 Å². The number of aliphatic hydroxyl groups is 2. The zero-order valence-corrected chi connectivity index (χ0v) is 27.4. The van der Waals surface area contributed by atoms with Crippen molar-refractivity contribution in [2.45, 2.75) is 56.4 Å². The lowest BCUT2D eigenvalue weighted by atomic mass is 9.94. The number of amides is 1. The van der Waals surface area contributed by atoms with Crippen LogP contribution in [0.1, 0.15) is 54.5 Å². The summed E-state index contributed by atoms with van der Waals surface area (Å²) in [6.07, 6.45) is 0.139. The van der Waals surface area contributed by atoms with Gasteiger partial charge in [-0.2, -0.15) is 0 Å². The summed E-state index contributed by atoms with van der Waals surface area (Å²) in [7, 11) is -2.71. The van der Waals surface area contributed by atoms with E-state index in [-0.39, 0.29) is 36.0 Å². The van der Waals surface area contributed by atoms with Crippen LogP contribution in [0.5, 0.6) is 0 Å². The molecule has 0 spiro atoms. The van der Waals surface area contributed by atoms with E-state index < -0.39 is 45.7 Å². The van der Waals surface area contributed by atoms with E-state index in [1.807, 2.05) is 13.8 Å². The van der Waals surface area contributed by atoms with E-state index in [0.29, 0.717) is 33.5 Å². The number of carbonyl (C=O) groups is 2. The Hall–Kier alpha value is -4.69. The largest absolute Gasteiger partial charge is 0.469 e. The third kappa shape index (κ3) is 8.81. The Bertz CT molecular complexity index is 1890. The molecular formula is C35H37F2N3O7S. The summed E-state index contributed by atoms with van der Waals surface area (Å²) in [5.74, 6) is -2.13. The molecule has 4 aromatic rings. The Balaban J connectivity index is 1.87. The van der Waals surface area contributed by atoms with E-state index in [2.05, 4.69) is 10.1 Å². The molecule has 254 valence electrons. The average molecular weight is 682 g/mol. The lowest BCUT2D eigenvalue weighted by Gasteiger charge is -2.17.